The van der Waals surface area contributed by atoms with E-state index in [4.69, 9.17) is 0 Å². The number of nitrogens with zero attached hydrogens (tertiary/aromatic N) is 3. The van der Waals surface area contributed by atoms with E-state index in [2.05, 4.69) is 20.1 Å². The van der Waals surface area contributed by atoms with E-state index in [0.29, 0.717) is 19.1 Å². The molecule has 3 rings (SSSR count). The summed E-state index contributed by atoms with van der Waals surface area (Å²) in [6.45, 7) is 5.59. The van der Waals surface area contributed by atoms with Gasteiger partial charge in [-0.1, -0.05) is 6.07 Å². The van der Waals surface area contributed by atoms with Crippen molar-refractivity contribution in [1.29, 1.82) is 0 Å². The van der Waals surface area contributed by atoms with Crippen molar-refractivity contribution in [3.8, 4) is 0 Å². The number of nitrogens with one attached hydrogen (secondary N) is 1. The number of pyridine rings is 1. The Morgan fingerprint density at radius 1 is 1.23 bits per heavy atom. The molecule has 0 bridgehead atoms. The largest absolute Gasteiger partial charge is 0.349 e. The number of amides is 1. The lowest BCUT2D eigenvalue weighted by Gasteiger charge is -2.37. The van der Waals surface area contributed by atoms with Crippen molar-refractivity contribution in [3.05, 3.63) is 30.1 Å². The van der Waals surface area contributed by atoms with Crippen LogP contribution in [0.25, 0.3) is 0 Å². The molecule has 22 heavy (non-hydrogen) atoms. The molecule has 2 aliphatic rings. The molecule has 1 N–H and O–H groups in total. The van der Waals surface area contributed by atoms with E-state index < -0.39 is 0 Å². The van der Waals surface area contributed by atoms with Crippen LogP contribution in [-0.2, 0) is 11.3 Å². The number of carbonyl (C=O) groups excluding carboxylic acids is 1. The first kappa shape index (κ1) is 15.4. The van der Waals surface area contributed by atoms with E-state index in [1.165, 1.54) is 38.8 Å². The third-order valence-electron chi connectivity index (χ3n) is 4.70. The summed E-state index contributed by atoms with van der Waals surface area (Å²) in [4.78, 5) is 21.3. The maximum absolute atomic E-state index is 12.1. The molecule has 1 unspecified atom stereocenters. The lowest BCUT2D eigenvalue weighted by atomic mass is 10.0. The van der Waals surface area contributed by atoms with Crippen molar-refractivity contribution in [3.63, 3.8) is 0 Å². The highest BCUT2D eigenvalue weighted by Crippen LogP contribution is 2.20. The first-order valence-corrected chi connectivity index (χ1v) is 8.44. The Labute approximate surface area is 132 Å². The topological polar surface area (TPSA) is 48.5 Å². The third kappa shape index (κ3) is 4.27. The molecule has 5 nitrogen and oxygen atoms in total. The minimum atomic E-state index is 0.104. The predicted octanol–water partition coefficient (Wildman–Crippen LogP) is 1.26. The first-order valence-electron chi connectivity index (χ1n) is 8.44. The molecule has 5 heteroatoms. The third-order valence-corrected chi connectivity index (χ3v) is 4.70. The molecule has 1 atom stereocenters. The molecule has 0 radical (unpaired) electrons. The standard InChI is InChI=1S/C17H26N4O/c22-17(19-12-15-6-1-2-8-18-15)14-20-9-5-7-16(13-20)21-10-3-4-11-21/h1-2,6,8,16H,3-5,7,9-14H2,(H,19,22). The lowest BCUT2D eigenvalue weighted by molar-refractivity contribution is -0.122. The summed E-state index contributed by atoms with van der Waals surface area (Å²) in [5, 5.41) is 2.97. The Hall–Kier alpha value is -1.46. The van der Waals surface area contributed by atoms with Crippen molar-refractivity contribution in [2.45, 2.75) is 38.3 Å². The van der Waals surface area contributed by atoms with Gasteiger partial charge in [0.25, 0.3) is 0 Å². The van der Waals surface area contributed by atoms with Crippen molar-refractivity contribution in [2.24, 2.45) is 0 Å². The number of hydrogen-bond donors (Lipinski definition) is 1. The van der Waals surface area contributed by atoms with Crippen LogP contribution in [-0.4, -0.2) is 59.5 Å². The Balaban J connectivity index is 1.42. The molecule has 2 saturated heterocycles. The fraction of sp³-hybridized carbons (Fsp3) is 0.647. The van der Waals surface area contributed by atoms with Gasteiger partial charge in [-0.2, -0.15) is 0 Å². The Morgan fingerprint density at radius 3 is 2.86 bits per heavy atom. The Morgan fingerprint density at radius 2 is 2.09 bits per heavy atom. The van der Waals surface area contributed by atoms with Gasteiger partial charge in [-0.05, 0) is 57.5 Å². The minimum Gasteiger partial charge on any atom is -0.349 e. The fourth-order valence-corrected chi connectivity index (χ4v) is 3.53. The highest BCUT2D eigenvalue weighted by Gasteiger charge is 2.27. The smallest absolute Gasteiger partial charge is 0.234 e. The summed E-state index contributed by atoms with van der Waals surface area (Å²) >= 11 is 0. The summed E-state index contributed by atoms with van der Waals surface area (Å²) in [5.41, 5.74) is 0.907. The molecule has 1 aromatic rings. The summed E-state index contributed by atoms with van der Waals surface area (Å²) in [7, 11) is 0. The summed E-state index contributed by atoms with van der Waals surface area (Å²) in [6, 6.07) is 6.42. The van der Waals surface area contributed by atoms with E-state index in [1.54, 1.807) is 6.20 Å². The van der Waals surface area contributed by atoms with Gasteiger partial charge >= 0.3 is 0 Å². The van der Waals surface area contributed by atoms with E-state index in [1.807, 2.05) is 18.2 Å². The minimum absolute atomic E-state index is 0.104. The molecule has 1 amide bonds. The van der Waals surface area contributed by atoms with E-state index in [0.717, 1.165) is 18.8 Å². The molecule has 0 aliphatic carbocycles. The van der Waals surface area contributed by atoms with E-state index in [9.17, 15) is 4.79 Å². The van der Waals surface area contributed by atoms with Crippen molar-refractivity contribution in [2.75, 3.05) is 32.7 Å². The molecule has 0 saturated carbocycles. The van der Waals surface area contributed by atoms with Crippen LogP contribution in [0.15, 0.2) is 24.4 Å². The number of likely N-dealkylation sites (tertiary alicyclic amines) is 2. The second kappa shape index (κ2) is 7.70. The zero-order chi connectivity index (χ0) is 15.2. The second-order valence-corrected chi connectivity index (χ2v) is 6.37. The zero-order valence-corrected chi connectivity index (χ0v) is 13.2. The average Bonchev–Trinajstić information content (AvgIpc) is 3.09. The van der Waals surface area contributed by atoms with Gasteiger partial charge in [-0.3, -0.25) is 19.6 Å². The van der Waals surface area contributed by atoms with Crippen LogP contribution in [0.3, 0.4) is 0 Å². The van der Waals surface area contributed by atoms with Gasteiger partial charge in [-0.15, -0.1) is 0 Å². The molecule has 2 fully saturated rings. The number of hydrogen-bond acceptors (Lipinski definition) is 4. The molecular weight excluding hydrogens is 276 g/mol. The summed E-state index contributed by atoms with van der Waals surface area (Å²) in [6.07, 6.45) is 6.91. The fourth-order valence-electron chi connectivity index (χ4n) is 3.53. The first-order chi connectivity index (χ1) is 10.8. The molecule has 2 aliphatic heterocycles. The number of aromatic nitrogens is 1. The van der Waals surface area contributed by atoms with Crippen LogP contribution in [0.1, 0.15) is 31.4 Å². The maximum Gasteiger partial charge on any atom is 0.234 e. The monoisotopic (exact) mass is 302 g/mol. The van der Waals surface area contributed by atoms with Gasteiger partial charge < -0.3 is 5.32 Å². The van der Waals surface area contributed by atoms with Crippen LogP contribution < -0.4 is 5.32 Å². The quantitative estimate of drug-likeness (QED) is 0.889. The summed E-state index contributed by atoms with van der Waals surface area (Å²) < 4.78 is 0. The molecule has 3 heterocycles. The highest BCUT2D eigenvalue weighted by molar-refractivity contribution is 5.77. The van der Waals surface area contributed by atoms with Crippen LogP contribution in [0, 0.1) is 0 Å². The van der Waals surface area contributed by atoms with Gasteiger partial charge in [0.05, 0.1) is 18.8 Å². The Bertz CT molecular complexity index is 473. The molecule has 1 aromatic heterocycles. The van der Waals surface area contributed by atoms with Gasteiger partial charge in [0.15, 0.2) is 0 Å². The molecule has 0 aromatic carbocycles. The van der Waals surface area contributed by atoms with Crippen molar-refractivity contribution < 1.29 is 4.79 Å². The van der Waals surface area contributed by atoms with Gasteiger partial charge in [0, 0.05) is 18.8 Å². The van der Waals surface area contributed by atoms with Gasteiger partial charge in [-0.25, -0.2) is 0 Å². The van der Waals surface area contributed by atoms with E-state index >= 15 is 0 Å². The average molecular weight is 302 g/mol. The van der Waals surface area contributed by atoms with Crippen molar-refractivity contribution >= 4 is 5.91 Å². The number of piperidine rings is 1. The normalized spacial score (nSPS) is 23.5. The maximum atomic E-state index is 12.1. The van der Waals surface area contributed by atoms with Crippen molar-refractivity contribution in [1.82, 2.24) is 20.1 Å². The van der Waals surface area contributed by atoms with Crippen LogP contribution >= 0.6 is 0 Å². The van der Waals surface area contributed by atoms with Gasteiger partial charge in [0.1, 0.15) is 0 Å². The van der Waals surface area contributed by atoms with Crippen LogP contribution in [0.2, 0.25) is 0 Å². The molecular formula is C17H26N4O. The number of carbonyl (C=O) groups is 1. The lowest BCUT2D eigenvalue weighted by Crippen LogP contribution is -2.49. The van der Waals surface area contributed by atoms with Crippen LogP contribution in [0.5, 0.6) is 0 Å². The SMILES string of the molecule is O=C(CN1CCCC(N2CCCC2)C1)NCc1ccccn1. The second-order valence-electron chi connectivity index (χ2n) is 6.37. The van der Waals surface area contributed by atoms with Crippen LogP contribution in [0.4, 0.5) is 0 Å². The predicted molar refractivity (Wildman–Crippen MR) is 86.4 cm³/mol. The Kier molecular flexibility index (Phi) is 5.40. The van der Waals surface area contributed by atoms with Gasteiger partial charge in [0.2, 0.25) is 5.91 Å². The number of rotatable bonds is 5. The molecule has 120 valence electrons. The summed E-state index contributed by atoms with van der Waals surface area (Å²) in [5.74, 6) is 0.104. The zero-order valence-electron chi connectivity index (χ0n) is 13.2. The molecule has 0 spiro atoms. The van der Waals surface area contributed by atoms with E-state index in [-0.39, 0.29) is 5.91 Å². The highest BCUT2D eigenvalue weighted by atomic mass is 16.2.